The highest BCUT2D eigenvalue weighted by molar-refractivity contribution is 6.35. The first-order chi connectivity index (χ1) is 6.72. The molecule has 2 aromatic rings. The summed E-state index contributed by atoms with van der Waals surface area (Å²) in [6.45, 7) is 0. The summed E-state index contributed by atoms with van der Waals surface area (Å²) in [5.74, 6) is 5.14. The molecule has 0 aliphatic rings. The molecule has 0 spiro atoms. The third kappa shape index (κ3) is 1.38. The van der Waals surface area contributed by atoms with Crippen LogP contribution in [0.5, 0.6) is 0 Å². The van der Waals surface area contributed by atoms with Crippen molar-refractivity contribution < 1.29 is 4.39 Å². The van der Waals surface area contributed by atoms with E-state index in [0.29, 0.717) is 11.3 Å². The highest BCUT2D eigenvalue weighted by Crippen LogP contribution is 2.25. The maximum absolute atomic E-state index is 13.1. The Balaban J connectivity index is 2.78. The first kappa shape index (κ1) is 9.18. The van der Waals surface area contributed by atoms with Crippen LogP contribution in [0.15, 0.2) is 24.3 Å². The van der Waals surface area contributed by atoms with Crippen molar-refractivity contribution in [1.29, 1.82) is 0 Å². The molecule has 0 saturated heterocycles. The number of rotatable bonds is 1. The number of pyridine rings is 1. The van der Waals surface area contributed by atoms with Gasteiger partial charge in [-0.1, -0.05) is 11.6 Å². The number of nitrogens with one attached hydrogen (secondary N) is 1. The van der Waals surface area contributed by atoms with Gasteiger partial charge in [0.15, 0.2) is 0 Å². The van der Waals surface area contributed by atoms with E-state index in [4.69, 9.17) is 17.4 Å². The van der Waals surface area contributed by atoms with Gasteiger partial charge in [0, 0.05) is 5.39 Å². The van der Waals surface area contributed by atoms with Crippen LogP contribution in [-0.4, -0.2) is 4.98 Å². The van der Waals surface area contributed by atoms with Gasteiger partial charge in [0.1, 0.15) is 16.7 Å². The Morgan fingerprint density at radius 2 is 2.00 bits per heavy atom. The fourth-order valence-electron chi connectivity index (χ4n) is 1.21. The van der Waals surface area contributed by atoms with Gasteiger partial charge in [-0.3, -0.25) is 0 Å². The van der Waals surface area contributed by atoms with E-state index < -0.39 is 5.82 Å². The standard InChI is InChI=1S/C9H7ClFN3/c10-8-6(11)3-1-5-2-4-7(14-12)13-9(5)8/h1-4H,12H2,(H,13,14). The fourth-order valence-corrected chi connectivity index (χ4v) is 1.42. The Kier molecular flexibility index (Phi) is 2.23. The highest BCUT2D eigenvalue weighted by atomic mass is 35.5. The van der Waals surface area contributed by atoms with Crippen molar-refractivity contribution in [2.24, 2.45) is 5.84 Å². The van der Waals surface area contributed by atoms with E-state index in [-0.39, 0.29) is 5.02 Å². The van der Waals surface area contributed by atoms with Gasteiger partial charge in [-0.05, 0) is 24.3 Å². The topological polar surface area (TPSA) is 50.9 Å². The van der Waals surface area contributed by atoms with Gasteiger partial charge >= 0.3 is 0 Å². The Morgan fingerprint density at radius 3 is 2.71 bits per heavy atom. The van der Waals surface area contributed by atoms with Crippen LogP contribution in [-0.2, 0) is 0 Å². The minimum absolute atomic E-state index is 0.0135. The lowest BCUT2D eigenvalue weighted by Crippen LogP contribution is -2.08. The van der Waals surface area contributed by atoms with Gasteiger partial charge in [-0.25, -0.2) is 15.2 Å². The minimum atomic E-state index is -0.485. The summed E-state index contributed by atoms with van der Waals surface area (Å²) in [6, 6.07) is 6.38. The molecule has 0 aliphatic heterocycles. The van der Waals surface area contributed by atoms with Crippen LogP contribution in [0.25, 0.3) is 10.9 Å². The van der Waals surface area contributed by atoms with Crippen molar-refractivity contribution in [3.8, 4) is 0 Å². The molecular formula is C9H7ClFN3. The number of nitrogens with zero attached hydrogens (tertiary/aromatic N) is 1. The molecule has 0 saturated carbocycles. The molecule has 2 rings (SSSR count). The number of nitrogen functional groups attached to an aromatic ring is 1. The van der Waals surface area contributed by atoms with Crippen LogP contribution in [0.1, 0.15) is 0 Å². The van der Waals surface area contributed by atoms with Gasteiger partial charge in [0.25, 0.3) is 0 Å². The number of hydrazine groups is 1. The number of benzene rings is 1. The molecule has 0 atom stereocenters. The Hall–Kier alpha value is -1.39. The summed E-state index contributed by atoms with van der Waals surface area (Å²) in [6.07, 6.45) is 0. The number of aromatic nitrogens is 1. The predicted octanol–water partition coefficient (Wildman–Crippen LogP) is 2.31. The number of anilines is 1. The molecule has 3 nitrogen and oxygen atoms in total. The number of halogens is 2. The van der Waals surface area contributed by atoms with Crippen molar-refractivity contribution in [3.05, 3.63) is 35.1 Å². The van der Waals surface area contributed by atoms with Crippen molar-refractivity contribution in [3.63, 3.8) is 0 Å². The lowest BCUT2D eigenvalue weighted by Gasteiger charge is -2.03. The summed E-state index contributed by atoms with van der Waals surface area (Å²) in [5, 5.41) is 0.787. The maximum Gasteiger partial charge on any atom is 0.144 e. The van der Waals surface area contributed by atoms with Crippen molar-refractivity contribution in [1.82, 2.24) is 4.98 Å². The van der Waals surface area contributed by atoms with Crippen molar-refractivity contribution >= 4 is 28.3 Å². The lowest BCUT2D eigenvalue weighted by molar-refractivity contribution is 0.630. The normalized spacial score (nSPS) is 10.5. The van der Waals surface area contributed by atoms with Crippen LogP contribution in [0.4, 0.5) is 10.2 Å². The molecule has 0 fully saturated rings. The van der Waals surface area contributed by atoms with Crippen LogP contribution < -0.4 is 11.3 Å². The quantitative estimate of drug-likeness (QED) is 0.562. The summed E-state index contributed by atoms with van der Waals surface area (Å²) in [4.78, 5) is 4.05. The zero-order valence-electron chi connectivity index (χ0n) is 7.09. The molecule has 0 radical (unpaired) electrons. The average molecular weight is 212 g/mol. The average Bonchev–Trinajstić information content (AvgIpc) is 2.23. The Labute approximate surface area is 84.7 Å². The predicted molar refractivity (Wildman–Crippen MR) is 54.5 cm³/mol. The molecule has 1 aromatic carbocycles. The first-order valence-corrected chi connectivity index (χ1v) is 4.31. The van der Waals surface area contributed by atoms with Gasteiger partial charge in [0.2, 0.25) is 0 Å². The Morgan fingerprint density at radius 1 is 1.29 bits per heavy atom. The summed E-state index contributed by atoms with van der Waals surface area (Å²) in [7, 11) is 0. The van der Waals surface area contributed by atoms with Gasteiger partial charge < -0.3 is 5.43 Å². The van der Waals surface area contributed by atoms with Gasteiger partial charge in [0.05, 0.1) is 5.52 Å². The van der Waals surface area contributed by atoms with E-state index in [1.54, 1.807) is 18.2 Å². The SMILES string of the molecule is NNc1ccc2ccc(F)c(Cl)c2n1. The number of nitrogens with two attached hydrogens (primary N) is 1. The molecule has 5 heteroatoms. The summed E-state index contributed by atoms with van der Waals surface area (Å²) < 4.78 is 13.1. The van der Waals surface area contributed by atoms with E-state index in [1.165, 1.54) is 6.07 Å². The van der Waals surface area contributed by atoms with E-state index in [0.717, 1.165) is 5.39 Å². The molecule has 0 amide bonds. The van der Waals surface area contributed by atoms with Crippen molar-refractivity contribution in [2.75, 3.05) is 5.43 Å². The largest absolute Gasteiger partial charge is 0.308 e. The number of hydrogen-bond donors (Lipinski definition) is 2. The lowest BCUT2D eigenvalue weighted by atomic mass is 10.2. The molecular weight excluding hydrogens is 205 g/mol. The van der Waals surface area contributed by atoms with Crippen LogP contribution >= 0.6 is 11.6 Å². The van der Waals surface area contributed by atoms with Crippen molar-refractivity contribution in [2.45, 2.75) is 0 Å². The van der Waals surface area contributed by atoms with Crippen LogP contribution in [0.2, 0.25) is 5.02 Å². The third-order valence-corrected chi connectivity index (χ3v) is 2.26. The second-order valence-corrected chi connectivity index (χ2v) is 3.15. The summed E-state index contributed by atoms with van der Waals surface area (Å²) >= 11 is 5.75. The highest BCUT2D eigenvalue weighted by Gasteiger charge is 2.06. The molecule has 72 valence electrons. The van der Waals surface area contributed by atoms with Gasteiger partial charge in [-0.2, -0.15) is 0 Å². The zero-order valence-corrected chi connectivity index (χ0v) is 7.85. The third-order valence-electron chi connectivity index (χ3n) is 1.90. The monoisotopic (exact) mass is 211 g/mol. The fraction of sp³-hybridized carbons (Fsp3) is 0. The second-order valence-electron chi connectivity index (χ2n) is 2.77. The van der Waals surface area contributed by atoms with E-state index in [2.05, 4.69) is 10.4 Å². The second kappa shape index (κ2) is 3.40. The molecule has 0 bridgehead atoms. The molecule has 1 heterocycles. The molecule has 0 unspecified atom stereocenters. The Bertz CT molecular complexity index is 487. The van der Waals surface area contributed by atoms with E-state index in [9.17, 15) is 4.39 Å². The smallest absolute Gasteiger partial charge is 0.144 e. The van der Waals surface area contributed by atoms with Crippen LogP contribution in [0, 0.1) is 5.82 Å². The molecule has 0 aliphatic carbocycles. The molecule has 14 heavy (non-hydrogen) atoms. The molecule has 3 N–H and O–H groups in total. The van der Waals surface area contributed by atoms with Crippen LogP contribution in [0.3, 0.4) is 0 Å². The summed E-state index contributed by atoms with van der Waals surface area (Å²) in [5.41, 5.74) is 2.78. The minimum Gasteiger partial charge on any atom is -0.308 e. The number of hydrogen-bond acceptors (Lipinski definition) is 3. The number of fused-ring (bicyclic) bond motifs is 1. The van der Waals surface area contributed by atoms with Gasteiger partial charge in [-0.15, -0.1) is 0 Å². The zero-order chi connectivity index (χ0) is 10.1. The molecule has 1 aromatic heterocycles. The first-order valence-electron chi connectivity index (χ1n) is 3.94. The maximum atomic E-state index is 13.1. The van der Waals surface area contributed by atoms with E-state index >= 15 is 0 Å². The van der Waals surface area contributed by atoms with E-state index in [1.807, 2.05) is 0 Å².